The number of likely N-dealkylation sites (tertiary alicyclic amines) is 1. The van der Waals surface area contributed by atoms with Gasteiger partial charge in [0.15, 0.2) is 0 Å². The summed E-state index contributed by atoms with van der Waals surface area (Å²) in [5.41, 5.74) is 5.43. The average molecular weight is 370 g/mol. The quantitative estimate of drug-likeness (QED) is 0.768. The number of para-hydroxylation sites is 1. The van der Waals surface area contributed by atoms with E-state index < -0.39 is 0 Å². The SMILES string of the molecule is NC(=O)C[C@H]1CN(C(=O)CCCn2cccn2)CC[C@@H]1Oc1ccccc1. The molecule has 2 heterocycles. The fraction of sp³-hybridized carbons (Fsp3) is 0.450. The molecule has 2 aromatic rings. The van der Waals surface area contributed by atoms with Gasteiger partial charge in [0, 0.05) is 57.2 Å². The minimum absolute atomic E-state index is 0.0912. The topological polar surface area (TPSA) is 90.5 Å². The van der Waals surface area contributed by atoms with Crippen molar-refractivity contribution in [3.05, 3.63) is 48.8 Å². The fourth-order valence-electron chi connectivity index (χ4n) is 3.50. The van der Waals surface area contributed by atoms with Gasteiger partial charge in [-0.25, -0.2) is 0 Å². The van der Waals surface area contributed by atoms with Crippen molar-refractivity contribution < 1.29 is 14.3 Å². The van der Waals surface area contributed by atoms with E-state index in [1.54, 1.807) is 6.20 Å². The molecule has 7 heteroatoms. The van der Waals surface area contributed by atoms with E-state index in [1.165, 1.54) is 0 Å². The molecule has 1 aliphatic heterocycles. The molecule has 7 nitrogen and oxygen atoms in total. The van der Waals surface area contributed by atoms with Gasteiger partial charge < -0.3 is 15.4 Å². The largest absolute Gasteiger partial charge is 0.490 e. The normalized spacial score (nSPS) is 19.6. The number of nitrogens with two attached hydrogens (primary N) is 1. The van der Waals surface area contributed by atoms with Crippen LogP contribution >= 0.6 is 0 Å². The molecule has 0 saturated carbocycles. The van der Waals surface area contributed by atoms with Crippen molar-refractivity contribution in [3.63, 3.8) is 0 Å². The van der Waals surface area contributed by atoms with Crippen LogP contribution in [0.3, 0.4) is 0 Å². The number of benzene rings is 1. The van der Waals surface area contributed by atoms with E-state index in [0.29, 0.717) is 25.9 Å². The lowest BCUT2D eigenvalue weighted by Crippen LogP contribution is -2.49. The molecule has 1 aliphatic rings. The van der Waals surface area contributed by atoms with Gasteiger partial charge in [0.25, 0.3) is 0 Å². The lowest BCUT2D eigenvalue weighted by molar-refractivity contribution is -0.136. The third kappa shape index (κ3) is 5.57. The van der Waals surface area contributed by atoms with Gasteiger partial charge in [0.2, 0.25) is 11.8 Å². The molecule has 0 bridgehead atoms. The highest BCUT2D eigenvalue weighted by atomic mass is 16.5. The standard InChI is InChI=1S/C20H26N4O3/c21-19(25)14-16-15-23(20(26)8-4-11-24-12-5-10-22-24)13-9-18(16)27-17-6-2-1-3-7-17/h1-3,5-7,10,12,16,18H,4,8-9,11,13-15H2,(H2,21,25)/t16-,18-/m0/s1. The second kappa shape index (κ2) is 9.21. The van der Waals surface area contributed by atoms with Crippen LogP contribution in [0, 0.1) is 5.92 Å². The minimum Gasteiger partial charge on any atom is -0.490 e. The summed E-state index contributed by atoms with van der Waals surface area (Å²) in [6, 6.07) is 11.4. The number of carbonyl (C=O) groups is 2. The Kier molecular flexibility index (Phi) is 6.46. The zero-order valence-electron chi connectivity index (χ0n) is 15.4. The molecular weight excluding hydrogens is 344 g/mol. The Morgan fingerprint density at radius 1 is 1.22 bits per heavy atom. The molecule has 2 N–H and O–H groups in total. The number of amides is 2. The van der Waals surface area contributed by atoms with Crippen LogP contribution in [0.5, 0.6) is 5.75 Å². The Hall–Kier alpha value is -2.83. The van der Waals surface area contributed by atoms with Crippen LogP contribution in [-0.4, -0.2) is 45.7 Å². The first-order valence-electron chi connectivity index (χ1n) is 9.37. The minimum atomic E-state index is -0.366. The number of carbonyl (C=O) groups excluding carboxylic acids is 2. The highest BCUT2D eigenvalue weighted by molar-refractivity contribution is 5.77. The van der Waals surface area contributed by atoms with Crippen LogP contribution in [0.2, 0.25) is 0 Å². The summed E-state index contributed by atoms with van der Waals surface area (Å²) in [7, 11) is 0. The summed E-state index contributed by atoms with van der Waals surface area (Å²) in [5.74, 6) is 0.423. The van der Waals surface area contributed by atoms with E-state index in [4.69, 9.17) is 10.5 Å². The molecule has 144 valence electrons. The first-order valence-corrected chi connectivity index (χ1v) is 9.37. The van der Waals surface area contributed by atoms with Crippen LogP contribution in [0.4, 0.5) is 0 Å². The molecule has 0 radical (unpaired) electrons. The van der Waals surface area contributed by atoms with Crippen LogP contribution in [0.1, 0.15) is 25.7 Å². The maximum Gasteiger partial charge on any atom is 0.222 e. The molecule has 2 amide bonds. The molecule has 1 aromatic carbocycles. The van der Waals surface area contributed by atoms with Crippen LogP contribution in [0.15, 0.2) is 48.8 Å². The third-order valence-corrected chi connectivity index (χ3v) is 4.85. The van der Waals surface area contributed by atoms with Gasteiger partial charge in [-0.3, -0.25) is 14.3 Å². The van der Waals surface area contributed by atoms with Gasteiger partial charge in [-0.05, 0) is 24.6 Å². The van der Waals surface area contributed by atoms with Crippen molar-refractivity contribution in [2.75, 3.05) is 13.1 Å². The number of primary amides is 1. The Bertz CT molecular complexity index is 733. The number of ether oxygens (including phenoxy) is 1. The Morgan fingerprint density at radius 2 is 2.04 bits per heavy atom. The smallest absolute Gasteiger partial charge is 0.222 e. The number of aryl methyl sites for hydroxylation is 1. The second-order valence-electron chi connectivity index (χ2n) is 6.90. The molecule has 27 heavy (non-hydrogen) atoms. The molecule has 1 aromatic heterocycles. The average Bonchev–Trinajstić information content (AvgIpc) is 3.17. The van der Waals surface area contributed by atoms with Crippen molar-refractivity contribution in [1.29, 1.82) is 0 Å². The zero-order chi connectivity index (χ0) is 19.1. The molecule has 3 rings (SSSR count). The Morgan fingerprint density at radius 3 is 2.74 bits per heavy atom. The van der Waals surface area contributed by atoms with E-state index in [0.717, 1.165) is 18.7 Å². The fourth-order valence-corrected chi connectivity index (χ4v) is 3.50. The van der Waals surface area contributed by atoms with Gasteiger partial charge in [-0.15, -0.1) is 0 Å². The number of aromatic nitrogens is 2. The lowest BCUT2D eigenvalue weighted by Gasteiger charge is -2.38. The Balaban J connectivity index is 1.54. The highest BCUT2D eigenvalue weighted by Gasteiger charge is 2.33. The number of rotatable bonds is 8. The van der Waals surface area contributed by atoms with Crippen molar-refractivity contribution in [1.82, 2.24) is 14.7 Å². The Labute approximate surface area is 159 Å². The first-order chi connectivity index (χ1) is 13.1. The number of hydrogen-bond acceptors (Lipinski definition) is 4. The van der Waals surface area contributed by atoms with E-state index in [9.17, 15) is 9.59 Å². The number of hydrogen-bond donors (Lipinski definition) is 1. The summed E-state index contributed by atoms with van der Waals surface area (Å²) in [6.07, 6.45) is 5.61. The lowest BCUT2D eigenvalue weighted by atomic mass is 9.91. The summed E-state index contributed by atoms with van der Waals surface area (Å²) in [6.45, 7) is 1.85. The molecule has 0 spiro atoms. The monoisotopic (exact) mass is 370 g/mol. The molecule has 2 atom stereocenters. The van der Waals surface area contributed by atoms with Crippen LogP contribution in [-0.2, 0) is 16.1 Å². The van der Waals surface area contributed by atoms with E-state index >= 15 is 0 Å². The predicted octanol–water partition coefficient (Wildman–Crippen LogP) is 1.83. The van der Waals surface area contributed by atoms with Gasteiger partial charge in [0.05, 0.1) is 0 Å². The summed E-state index contributed by atoms with van der Waals surface area (Å²) in [4.78, 5) is 25.9. The van der Waals surface area contributed by atoms with Gasteiger partial charge in [-0.2, -0.15) is 5.10 Å². The summed E-state index contributed by atoms with van der Waals surface area (Å²) >= 11 is 0. The van der Waals surface area contributed by atoms with Gasteiger partial charge in [0.1, 0.15) is 11.9 Å². The van der Waals surface area contributed by atoms with Crippen LogP contribution in [0.25, 0.3) is 0 Å². The maximum atomic E-state index is 12.6. The van der Waals surface area contributed by atoms with Crippen molar-refractivity contribution >= 4 is 11.8 Å². The number of piperidine rings is 1. The molecule has 1 saturated heterocycles. The maximum absolute atomic E-state index is 12.6. The van der Waals surface area contributed by atoms with E-state index in [1.807, 2.05) is 52.2 Å². The van der Waals surface area contributed by atoms with Gasteiger partial charge >= 0.3 is 0 Å². The summed E-state index contributed by atoms with van der Waals surface area (Å²) < 4.78 is 7.89. The van der Waals surface area contributed by atoms with Crippen molar-refractivity contribution in [2.24, 2.45) is 11.7 Å². The van der Waals surface area contributed by atoms with Crippen LogP contribution < -0.4 is 10.5 Å². The number of nitrogens with zero attached hydrogens (tertiary/aromatic N) is 3. The first kappa shape index (κ1) is 18.9. The third-order valence-electron chi connectivity index (χ3n) is 4.85. The van der Waals surface area contributed by atoms with E-state index in [2.05, 4.69) is 5.10 Å². The molecular formula is C20H26N4O3. The predicted molar refractivity (Wildman–Crippen MR) is 101 cm³/mol. The van der Waals surface area contributed by atoms with Gasteiger partial charge in [-0.1, -0.05) is 18.2 Å². The van der Waals surface area contributed by atoms with Crippen molar-refractivity contribution in [2.45, 2.75) is 38.3 Å². The summed E-state index contributed by atoms with van der Waals surface area (Å²) in [5, 5.41) is 4.14. The zero-order valence-corrected chi connectivity index (χ0v) is 15.4. The molecule has 1 fully saturated rings. The highest BCUT2D eigenvalue weighted by Crippen LogP contribution is 2.26. The van der Waals surface area contributed by atoms with E-state index in [-0.39, 0.29) is 30.3 Å². The van der Waals surface area contributed by atoms with Crippen molar-refractivity contribution in [3.8, 4) is 5.75 Å². The molecule has 0 unspecified atom stereocenters. The second-order valence-corrected chi connectivity index (χ2v) is 6.90. The molecule has 0 aliphatic carbocycles.